The number of para-hydroxylation sites is 1. The van der Waals surface area contributed by atoms with Crippen molar-refractivity contribution < 1.29 is 0 Å². The van der Waals surface area contributed by atoms with E-state index >= 15 is 0 Å². The average molecular weight is 206 g/mol. The van der Waals surface area contributed by atoms with Crippen molar-refractivity contribution in [1.82, 2.24) is 4.98 Å². The molecule has 0 aliphatic carbocycles. The number of nitrogens with one attached hydrogen (secondary N) is 1. The molecule has 0 bridgehead atoms. The van der Waals surface area contributed by atoms with Gasteiger partial charge in [0.15, 0.2) is 0 Å². The molecule has 1 aromatic heterocycles. The summed E-state index contributed by atoms with van der Waals surface area (Å²) in [6.07, 6.45) is 0. The van der Waals surface area contributed by atoms with E-state index in [0.29, 0.717) is 0 Å². The van der Waals surface area contributed by atoms with Crippen LogP contribution in [0.2, 0.25) is 0 Å². The number of fused-ring (bicyclic) bond motifs is 1. The summed E-state index contributed by atoms with van der Waals surface area (Å²) in [6, 6.07) is 20.0. The fourth-order valence-corrected chi connectivity index (χ4v) is 1.99. The molecule has 0 saturated heterocycles. The van der Waals surface area contributed by atoms with Crippen molar-refractivity contribution in [3.63, 3.8) is 0 Å². The topological polar surface area (TPSA) is 15.8 Å². The standard InChI is InChI=1S/C15H12N/c1-11-6-2-4-8-13(11)15-10-12-7-3-5-9-14(12)16-15/h2-9,16H,1H3. The molecule has 1 radical (unpaired) electrons. The second-order valence-corrected chi connectivity index (χ2v) is 3.99. The van der Waals surface area contributed by atoms with Crippen LogP contribution in [0.25, 0.3) is 22.2 Å². The molecular weight excluding hydrogens is 194 g/mol. The first-order chi connectivity index (χ1) is 7.84. The first-order valence-corrected chi connectivity index (χ1v) is 5.40. The Kier molecular flexibility index (Phi) is 2.03. The quantitative estimate of drug-likeness (QED) is 0.620. The Bertz CT molecular complexity index is 601. The lowest BCUT2D eigenvalue weighted by molar-refractivity contribution is 1.39. The Balaban J connectivity index is 2.23. The first-order valence-electron chi connectivity index (χ1n) is 5.40. The minimum Gasteiger partial charge on any atom is -0.354 e. The number of rotatable bonds is 1. The van der Waals surface area contributed by atoms with Crippen LogP contribution in [-0.2, 0) is 0 Å². The van der Waals surface area contributed by atoms with Crippen LogP contribution >= 0.6 is 0 Å². The maximum Gasteiger partial charge on any atom is 0.0548 e. The molecule has 0 aliphatic rings. The van der Waals surface area contributed by atoms with Crippen LogP contribution in [0.5, 0.6) is 0 Å². The van der Waals surface area contributed by atoms with E-state index < -0.39 is 0 Å². The van der Waals surface area contributed by atoms with Crippen molar-refractivity contribution in [1.29, 1.82) is 0 Å². The third-order valence-corrected chi connectivity index (χ3v) is 2.86. The fourth-order valence-electron chi connectivity index (χ4n) is 1.99. The second-order valence-electron chi connectivity index (χ2n) is 3.99. The molecule has 2 aromatic carbocycles. The van der Waals surface area contributed by atoms with Crippen LogP contribution in [0.1, 0.15) is 5.56 Å². The zero-order chi connectivity index (χ0) is 11.0. The molecule has 1 nitrogen and oxygen atoms in total. The fraction of sp³-hybridized carbons (Fsp3) is 0.0667. The molecular formula is C15H12N. The van der Waals surface area contributed by atoms with Gasteiger partial charge >= 0.3 is 0 Å². The molecule has 1 heteroatoms. The Morgan fingerprint density at radius 3 is 2.50 bits per heavy atom. The predicted octanol–water partition coefficient (Wildman–Crippen LogP) is 3.94. The summed E-state index contributed by atoms with van der Waals surface area (Å²) >= 11 is 0. The molecule has 16 heavy (non-hydrogen) atoms. The van der Waals surface area contributed by atoms with E-state index in [1.807, 2.05) is 12.1 Å². The number of H-pyrrole nitrogens is 1. The van der Waals surface area contributed by atoms with Crippen molar-refractivity contribution in [3.8, 4) is 11.3 Å². The molecule has 3 rings (SSSR count). The molecule has 0 saturated carbocycles. The molecule has 3 aromatic rings. The maximum atomic E-state index is 3.40. The van der Waals surface area contributed by atoms with Crippen molar-refractivity contribution >= 4 is 10.9 Å². The van der Waals surface area contributed by atoms with Crippen LogP contribution in [0.15, 0.2) is 48.5 Å². The normalized spacial score (nSPS) is 10.8. The van der Waals surface area contributed by atoms with E-state index in [4.69, 9.17) is 0 Å². The zero-order valence-corrected chi connectivity index (χ0v) is 9.12. The number of aromatic nitrogens is 1. The summed E-state index contributed by atoms with van der Waals surface area (Å²) in [4.78, 5) is 3.40. The summed E-state index contributed by atoms with van der Waals surface area (Å²) in [5.41, 5.74) is 4.70. The molecule has 0 amide bonds. The molecule has 77 valence electrons. The first kappa shape index (κ1) is 9.22. The van der Waals surface area contributed by atoms with Crippen molar-refractivity contribution in [2.24, 2.45) is 0 Å². The highest BCUT2D eigenvalue weighted by atomic mass is 14.7. The van der Waals surface area contributed by atoms with E-state index in [1.54, 1.807) is 0 Å². The van der Waals surface area contributed by atoms with Crippen LogP contribution in [0, 0.1) is 13.0 Å². The third kappa shape index (κ3) is 1.41. The minimum absolute atomic E-state index is 1.07. The smallest absolute Gasteiger partial charge is 0.0548 e. The van der Waals surface area contributed by atoms with Crippen LogP contribution < -0.4 is 0 Å². The van der Waals surface area contributed by atoms with E-state index in [0.717, 1.165) is 16.6 Å². The zero-order valence-electron chi connectivity index (χ0n) is 9.12. The number of aryl methyl sites for hydroxylation is 1. The minimum atomic E-state index is 1.07. The highest BCUT2D eigenvalue weighted by Crippen LogP contribution is 2.25. The van der Waals surface area contributed by atoms with Gasteiger partial charge in [-0.3, -0.25) is 0 Å². The van der Waals surface area contributed by atoms with Gasteiger partial charge < -0.3 is 4.98 Å². The largest absolute Gasteiger partial charge is 0.354 e. The number of aromatic amines is 1. The molecule has 0 aliphatic heterocycles. The summed E-state index contributed by atoms with van der Waals surface area (Å²) in [5, 5.41) is 1.14. The summed E-state index contributed by atoms with van der Waals surface area (Å²) in [6.45, 7) is 2.12. The number of hydrogen-bond donors (Lipinski definition) is 1. The van der Waals surface area contributed by atoms with Gasteiger partial charge in [0.2, 0.25) is 0 Å². The second kappa shape index (κ2) is 3.53. The van der Waals surface area contributed by atoms with Gasteiger partial charge in [0.05, 0.1) is 5.69 Å². The van der Waals surface area contributed by atoms with Gasteiger partial charge in [-0.05, 0) is 18.6 Å². The molecule has 1 heterocycles. The Hall–Kier alpha value is -2.02. The highest BCUT2D eigenvalue weighted by molar-refractivity contribution is 5.85. The molecule has 0 atom stereocenters. The summed E-state index contributed by atoms with van der Waals surface area (Å²) in [7, 11) is 0. The lowest BCUT2D eigenvalue weighted by Crippen LogP contribution is -1.81. The maximum absolute atomic E-state index is 3.40. The van der Waals surface area contributed by atoms with Crippen LogP contribution in [0.4, 0.5) is 0 Å². The van der Waals surface area contributed by atoms with Crippen molar-refractivity contribution in [2.75, 3.05) is 0 Å². The van der Waals surface area contributed by atoms with Gasteiger partial charge in [-0.2, -0.15) is 0 Å². The van der Waals surface area contributed by atoms with Crippen LogP contribution in [-0.4, -0.2) is 4.98 Å². The van der Waals surface area contributed by atoms with Gasteiger partial charge in [0, 0.05) is 22.5 Å². The number of hydrogen-bond acceptors (Lipinski definition) is 0. The lowest BCUT2D eigenvalue weighted by atomic mass is 10.1. The monoisotopic (exact) mass is 206 g/mol. The molecule has 0 unspecified atom stereocenters. The molecule has 0 spiro atoms. The molecule has 0 fully saturated rings. The highest BCUT2D eigenvalue weighted by Gasteiger charge is 2.04. The Labute approximate surface area is 94.7 Å². The summed E-state index contributed by atoms with van der Waals surface area (Å²) in [5.74, 6) is 0. The van der Waals surface area contributed by atoms with Gasteiger partial charge in [-0.15, -0.1) is 0 Å². The Morgan fingerprint density at radius 1 is 0.938 bits per heavy atom. The third-order valence-electron chi connectivity index (χ3n) is 2.86. The van der Waals surface area contributed by atoms with E-state index in [2.05, 4.69) is 54.4 Å². The van der Waals surface area contributed by atoms with E-state index in [-0.39, 0.29) is 0 Å². The predicted molar refractivity (Wildman–Crippen MR) is 67.3 cm³/mol. The van der Waals surface area contributed by atoms with Crippen LogP contribution in [0.3, 0.4) is 0 Å². The number of benzene rings is 2. The Morgan fingerprint density at radius 2 is 1.69 bits per heavy atom. The summed E-state index contributed by atoms with van der Waals surface area (Å²) < 4.78 is 0. The van der Waals surface area contributed by atoms with Gasteiger partial charge in [-0.1, -0.05) is 42.5 Å². The van der Waals surface area contributed by atoms with Gasteiger partial charge in [0.1, 0.15) is 0 Å². The average Bonchev–Trinajstić information content (AvgIpc) is 2.73. The van der Waals surface area contributed by atoms with E-state index in [9.17, 15) is 0 Å². The van der Waals surface area contributed by atoms with E-state index in [1.165, 1.54) is 11.1 Å². The van der Waals surface area contributed by atoms with Crippen molar-refractivity contribution in [3.05, 3.63) is 60.2 Å². The van der Waals surface area contributed by atoms with Gasteiger partial charge in [-0.25, -0.2) is 0 Å². The van der Waals surface area contributed by atoms with Crippen molar-refractivity contribution in [2.45, 2.75) is 6.92 Å². The molecule has 1 N–H and O–H groups in total. The lowest BCUT2D eigenvalue weighted by Gasteiger charge is -2.01. The SMILES string of the molecule is Cc1ccccc1-c1[c]c2ccccc2[nH]1. The van der Waals surface area contributed by atoms with Gasteiger partial charge in [0.25, 0.3) is 0 Å².